The van der Waals surface area contributed by atoms with Crippen LogP contribution in [0.4, 0.5) is 0 Å². The minimum atomic E-state index is 0.0533. The van der Waals surface area contributed by atoms with E-state index in [4.69, 9.17) is 0 Å². The Bertz CT molecular complexity index is 153. The predicted octanol–water partition coefficient (Wildman–Crippen LogP) is 1.23. The molecule has 0 aromatic rings. The first kappa shape index (κ1) is 12.9. The number of alkyl halides is 1. The molecule has 0 fully saturated rings. The van der Waals surface area contributed by atoms with Gasteiger partial charge < -0.3 is 10.2 Å². The molecule has 0 aliphatic carbocycles. The quantitative estimate of drug-likeness (QED) is 0.720. The van der Waals surface area contributed by atoms with Crippen molar-refractivity contribution in [3.8, 4) is 0 Å². The standard InChI is InChI=1S/C9H19BrN2O/c1-4-8(2)12(3)6-5-11-9(13)7-10/h8H,4-7H2,1-3H3,(H,11,13). The number of halogens is 1. The summed E-state index contributed by atoms with van der Waals surface area (Å²) in [5.74, 6) is 0.0533. The monoisotopic (exact) mass is 250 g/mol. The van der Waals surface area contributed by atoms with E-state index in [9.17, 15) is 4.79 Å². The number of likely N-dealkylation sites (N-methyl/N-ethyl adjacent to an activating group) is 1. The Balaban J connectivity index is 3.47. The van der Waals surface area contributed by atoms with Gasteiger partial charge in [0.25, 0.3) is 0 Å². The molecule has 0 heterocycles. The zero-order valence-electron chi connectivity index (χ0n) is 8.64. The Kier molecular flexibility index (Phi) is 7.28. The molecule has 0 rings (SSSR count). The van der Waals surface area contributed by atoms with Crippen molar-refractivity contribution in [1.82, 2.24) is 10.2 Å². The highest BCUT2D eigenvalue weighted by atomic mass is 79.9. The molecule has 78 valence electrons. The first-order chi connectivity index (χ1) is 6.11. The Labute approximate surface area is 89.0 Å². The van der Waals surface area contributed by atoms with E-state index in [0.717, 1.165) is 19.5 Å². The van der Waals surface area contributed by atoms with E-state index >= 15 is 0 Å². The molecule has 1 amide bonds. The minimum Gasteiger partial charge on any atom is -0.354 e. The van der Waals surface area contributed by atoms with Crippen molar-refractivity contribution in [1.29, 1.82) is 0 Å². The van der Waals surface area contributed by atoms with Crippen LogP contribution in [0.3, 0.4) is 0 Å². The second-order valence-corrected chi connectivity index (χ2v) is 3.78. The van der Waals surface area contributed by atoms with Crippen LogP contribution >= 0.6 is 15.9 Å². The second-order valence-electron chi connectivity index (χ2n) is 3.22. The van der Waals surface area contributed by atoms with Gasteiger partial charge in [-0.25, -0.2) is 0 Å². The van der Waals surface area contributed by atoms with E-state index in [1.165, 1.54) is 0 Å². The van der Waals surface area contributed by atoms with Crippen LogP contribution in [0.1, 0.15) is 20.3 Å². The number of hydrogen-bond acceptors (Lipinski definition) is 2. The summed E-state index contributed by atoms with van der Waals surface area (Å²) in [6, 6.07) is 0.584. The molecule has 4 heteroatoms. The van der Waals surface area contributed by atoms with Gasteiger partial charge in [0, 0.05) is 19.1 Å². The summed E-state index contributed by atoms with van der Waals surface area (Å²) >= 11 is 3.10. The number of hydrogen-bond donors (Lipinski definition) is 1. The van der Waals surface area contributed by atoms with Crippen LogP contribution in [0.25, 0.3) is 0 Å². The Morgan fingerprint density at radius 2 is 2.23 bits per heavy atom. The number of carbonyl (C=O) groups is 1. The van der Waals surface area contributed by atoms with Crippen molar-refractivity contribution >= 4 is 21.8 Å². The Hall–Kier alpha value is -0.0900. The van der Waals surface area contributed by atoms with Gasteiger partial charge in [-0.05, 0) is 20.4 Å². The number of nitrogens with one attached hydrogen (secondary N) is 1. The zero-order chi connectivity index (χ0) is 10.3. The van der Waals surface area contributed by atoms with Crippen LogP contribution in [0.15, 0.2) is 0 Å². The molecule has 0 spiro atoms. The number of rotatable bonds is 6. The van der Waals surface area contributed by atoms with Gasteiger partial charge in [-0.3, -0.25) is 4.79 Å². The van der Waals surface area contributed by atoms with Crippen LogP contribution in [0, 0.1) is 0 Å². The van der Waals surface area contributed by atoms with E-state index in [2.05, 4.69) is 47.0 Å². The highest BCUT2D eigenvalue weighted by Gasteiger charge is 2.05. The lowest BCUT2D eigenvalue weighted by Crippen LogP contribution is -2.37. The molecule has 1 N–H and O–H groups in total. The molecule has 1 unspecified atom stereocenters. The number of nitrogens with zero attached hydrogens (tertiary/aromatic N) is 1. The second kappa shape index (κ2) is 7.33. The van der Waals surface area contributed by atoms with Crippen LogP contribution in [0.2, 0.25) is 0 Å². The lowest BCUT2D eigenvalue weighted by atomic mass is 10.2. The maximum absolute atomic E-state index is 10.9. The topological polar surface area (TPSA) is 32.3 Å². The minimum absolute atomic E-state index is 0.0533. The molecule has 0 aliphatic rings. The molecule has 0 saturated carbocycles. The maximum Gasteiger partial charge on any atom is 0.230 e. The van der Waals surface area contributed by atoms with Crippen molar-refractivity contribution in [2.45, 2.75) is 26.3 Å². The largest absolute Gasteiger partial charge is 0.354 e. The number of carbonyl (C=O) groups excluding carboxylic acids is 1. The number of amides is 1. The molecule has 0 saturated heterocycles. The summed E-state index contributed by atoms with van der Waals surface area (Å²) in [5.41, 5.74) is 0. The van der Waals surface area contributed by atoms with E-state index < -0.39 is 0 Å². The third kappa shape index (κ3) is 6.05. The van der Waals surface area contributed by atoms with Gasteiger partial charge in [0.1, 0.15) is 0 Å². The lowest BCUT2D eigenvalue weighted by Gasteiger charge is -2.23. The lowest BCUT2D eigenvalue weighted by molar-refractivity contribution is -0.118. The van der Waals surface area contributed by atoms with E-state index in [0.29, 0.717) is 11.4 Å². The highest BCUT2D eigenvalue weighted by molar-refractivity contribution is 9.09. The molecule has 0 aromatic carbocycles. The summed E-state index contributed by atoms with van der Waals surface area (Å²) in [7, 11) is 2.08. The van der Waals surface area contributed by atoms with E-state index in [1.54, 1.807) is 0 Å². The van der Waals surface area contributed by atoms with Gasteiger partial charge in [-0.2, -0.15) is 0 Å². The summed E-state index contributed by atoms with van der Waals surface area (Å²) in [4.78, 5) is 13.1. The molecule has 0 bridgehead atoms. The van der Waals surface area contributed by atoms with Gasteiger partial charge in [0.15, 0.2) is 0 Å². The molecule has 13 heavy (non-hydrogen) atoms. The van der Waals surface area contributed by atoms with Crippen LogP contribution in [0.5, 0.6) is 0 Å². The van der Waals surface area contributed by atoms with Crippen LogP contribution < -0.4 is 5.32 Å². The van der Waals surface area contributed by atoms with Gasteiger partial charge in [-0.15, -0.1) is 0 Å². The molecular weight excluding hydrogens is 232 g/mol. The van der Waals surface area contributed by atoms with Crippen molar-refractivity contribution in [2.24, 2.45) is 0 Å². The maximum atomic E-state index is 10.9. The molecule has 0 aliphatic heterocycles. The fourth-order valence-electron chi connectivity index (χ4n) is 0.951. The normalized spacial score (nSPS) is 13.0. The predicted molar refractivity (Wildman–Crippen MR) is 59.2 cm³/mol. The SMILES string of the molecule is CCC(C)N(C)CCNC(=O)CBr. The zero-order valence-corrected chi connectivity index (χ0v) is 10.2. The van der Waals surface area contributed by atoms with Crippen LogP contribution in [-0.4, -0.2) is 42.3 Å². The average Bonchev–Trinajstić information content (AvgIpc) is 2.15. The van der Waals surface area contributed by atoms with Crippen molar-refractivity contribution in [3.05, 3.63) is 0 Å². The van der Waals surface area contributed by atoms with E-state index in [1.807, 2.05) is 0 Å². The first-order valence-corrected chi connectivity index (χ1v) is 5.76. The summed E-state index contributed by atoms with van der Waals surface area (Å²) in [6.07, 6.45) is 1.14. The third-order valence-corrected chi connectivity index (χ3v) is 2.76. The third-order valence-electron chi connectivity index (χ3n) is 2.25. The summed E-state index contributed by atoms with van der Waals surface area (Å²) in [6.45, 7) is 5.99. The molecule has 0 aromatic heterocycles. The highest BCUT2D eigenvalue weighted by Crippen LogP contribution is 1.97. The first-order valence-electron chi connectivity index (χ1n) is 4.64. The molecule has 1 atom stereocenters. The molecule has 0 radical (unpaired) electrons. The van der Waals surface area contributed by atoms with Gasteiger partial charge in [0.2, 0.25) is 5.91 Å². The van der Waals surface area contributed by atoms with Gasteiger partial charge >= 0.3 is 0 Å². The average molecular weight is 251 g/mol. The van der Waals surface area contributed by atoms with Gasteiger partial charge in [0.05, 0.1) is 5.33 Å². The smallest absolute Gasteiger partial charge is 0.230 e. The fraction of sp³-hybridized carbons (Fsp3) is 0.889. The van der Waals surface area contributed by atoms with Crippen molar-refractivity contribution in [3.63, 3.8) is 0 Å². The summed E-state index contributed by atoms with van der Waals surface area (Å²) in [5, 5.41) is 3.20. The van der Waals surface area contributed by atoms with Gasteiger partial charge in [-0.1, -0.05) is 22.9 Å². The Morgan fingerprint density at radius 3 is 2.69 bits per heavy atom. The fourth-order valence-corrected chi connectivity index (χ4v) is 1.15. The van der Waals surface area contributed by atoms with E-state index in [-0.39, 0.29) is 5.91 Å². The Morgan fingerprint density at radius 1 is 1.62 bits per heavy atom. The van der Waals surface area contributed by atoms with Crippen LogP contribution in [-0.2, 0) is 4.79 Å². The van der Waals surface area contributed by atoms with Crippen molar-refractivity contribution < 1.29 is 4.79 Å². The molecular formula is C9H19BrN2O. The van der Waals surface area contributed by atoms with Crippen molar-refractivity contribution in [2.75, 3.05) is 25.5 Å². The summed E-state index contributed by atoms with van der Waals surface area (Å²) < 4.78 is 0. The molecule has 3 nitrogen and oxygen atoms in total.